The van der Waals surface area contributed by atoms with E-state index in [0.717, 1.165) is 49.7 Å². The first-order valence-electron chi connectivity index (χ1n) is 8.92. The van der Waals surface area contributed by atoms with Gasteiger partial charge in [-0.2, -0.15) is 0 Å². The number of Topliss-reactive ketones (excluding diaryl/α,β-unsaturated/α-hetero) is 2. The van der Waals surface area contributed by atoms with E-state index < -0.39 is 0 Å². The van der Waals surface area contributed by atoms with Crippen molar-refractivity contribution in [3.63, 3.8) is 0 Å². The number of ketones is 2. The Balaban J connectivity index is 3.48. The van der Waals surface area contributed by atoms with Crippen LogP contribution in [0.25, 0.3) is 0 Å². The predicted molar refractivity (Wildman–Crippen MR) is 92.8 cm³/mol. The summed E-state index contributed by atoms with van der Waals surface area (Å²) < 4.78 is 0. The second-order valence-corrected chi connectivity index (χ2v) is 6.96. The van der Waals surface area contributed by atoms with Crippen LogP contribution in [0, 0.1) is 11.8 Å². The molecule has 2 heteroatoms. The van der Waals surface area contributed by atoms with Gasteiger partial charge in [-0.15, -0.1) is 0 Å². The average Bonchev–Trinajstić information content (AvgIpc) is 2.46. The molecule has 0 aromatic heterocycles. The van der Waals surface area contributed by atoms with Crippen LogP contribution in [-0.2, 0) is 9.59 Å². The first-order chi connectivity index (χ1) is 10.4. The van der Waals surface area contributed by atoms with Crippen LogP contribution >= 0.6 is 0 Å². The summed E-state index contributed by atoms with van der Waals surface area (Å²) >= 11 is 0. The van der Waals surface area contributed by atoms with Crippen molar-refractivity contribution >= 4 is 11.6 Å². The lowest BCUT2D eigenvalue weighted by atomic mass is 9.73. The minimum Gasteiger partial charge on any atom is -0.285 e. The van der Waals surface area contributed by atoms with Gasteiger partial charge in [0.2, 0.25) is 11.6 Å². The van der Waals surface area contributed by atoms with Crippen molar-refractivity contribution in [3.05, 3.63) is 22.3 Å². The molecule has 0 aromatic rings. The van der Waals surface area contributed by atoms with Crippen LogP contribution in [0.3, 0.4) is 0 Å². The molecule has 0 unspecified atom stereocenters. The Morgan fingerprint density at radius 1 is 0.682 bits per heavy atom. The summed E-state index contributed by atoms with van der Waals surface area (Å²) in [5.41, 5.74) is 3.93. The standard InChI is InChI=1S/C20H32O2/c1-7-9-11-15-17(13(3)4)18(14(5)6)16(12-10-8-2)20(22)19(15)21/h13-14H,7-12H2,1-6H3. The molecule has 0 aromatic carbocycles. The number of carbonyl (C=O) groups is 2. The van der Waals surface area contributed by atoms with Crippen molar-refractivity contribution in [3.8, 4) is 0 Å². The van der Waals surface area contributed by atoms with Gasteiger partial charge in [0.15, 0.2) is 0 Å². The van der Waals surface area contributed by atoms with Crippen molar-refractivity contribution in [2.75, 3.05) is 0 Å². The lowest BCUT2D eigenvalue weighted by Gasteiger charge is -2.30. The molecule has 0 saturated heterocycles. The molecule has 0 fully saturated rings. The van der Waals surface area contributed by atoms with Crippen LogP contribution in [0.5, 0.6) is 0 Å². The molecule has 0 heterocycles. The summed E-state index contributed by atoms with van der Waals surface area (Å²) in [6, 6.07) is 0. The van der Waals surface area contributed by atoms with Crippen LogP contribution in [0.15, 0.2) is 22.3 Å². The molecule has 124 valence electrons. The van der Waals surface area contributed by atoms with E-state index >= 15 is 0 Å². The van der Waals surface area contributed by atoms with E-state index in [-0.39, 0.29) is 23.4 Å². The van der Waals surface area contributed by atoms with Crippen molar-refractivity contribution in [2.24, 2.45) is 11.8 Å². The minimum absolute atomic E-state index is 0.229. The largest absolute Gasteiger partial charge is 0.285 e. The van der Waals surface area contributed by atoms with Crippen molar-refractivity contribution < 1.29 is 9.59 Å². The molecule has 1 rings (SSSR count). The molecule has 0 saturated carbocycles. The molecule has 0 aliphatic heterocycles. The van der Waals surface area contributed by atoms with Gasteiger partial charge in [-0.1, -0.05) is 54.4 Å². The van der Waals surface area contributed by atoms with Gasteiger partial charge in [0.1, 0.15) is 0 Å². The SMILES string of the molecule is CCCCC1=C(C(C)C)C(C(C)C)=C(CCCC)C(=O)C1=O. The van der Waals surface area contributed by atoms with Crippen LogP contribution in [0.4, 0.5) is 0 Å². The Bertz CT molecular complexity index is 444. The second-order valence-electron chi connectivity index (χ2n) is 6.96. The summed E-state index contributed by atoms with van der Waals surface area (Å²) in [4.78, 5) is 25.3. The lowest BCUT2D eigenvalue weighted by molar-refractivity contribution is -0.132. The van der Waals surface area contributed by atoms with E-state index in [1.54, 1.807) is 0 Å². The quantitative estimate of drug-likeness (QED) is 0.443. The third kappa shape index (κ3) is 3.97. The molecule has 0 N–H and O–H groups in total. The van der Waals surface area contributed by atoms with Gasteiger partial charge < -0.3 is 0 Å². The van der Waals surface area contributed by atoms with Gasteiger partial charge in [0.05, 0.1) is 0 Å². The Hall–Kier alpha value is -1.18. The molecule has 0 atom stereocenters. The summed E-state index contributed by atoms with van der Waals surface area (Å²) in [6.45, 7) is 12.8. The highest BCUT2D eigenvalue weighted by atomic mass is 16.2. The molecular weight excluding hydrogens is 272 g/mol. The van der Waals surface area contributed by atoms with Crippen molar-refractivity contribution in [1.29, 1.82) is 0 Å². The number of carbonyl (C=O) groups excluding carboxylic acids is 2. The van der Waals surface area contributed by atoms with Gasteiger partial charge in [-0.3, -0.25) is 9.59 Å². The van der Waals surface area contributed by atoms with E-state index in [4.69, 9.17) is 0 Å². The highest BCUT2D eigenvalue weighted by molar-refractivity contribution is 6.50. The minimum atomic E-state index is -0.229. The number of hydrogen-bond acceptors (Lipinski definition) is 2. The van der Waals surface area contributed by atoms with E-state index in [1.807, 2.05) is 0 Å². The predicted octanol–water partition coefficient (Wildman–Crippen LogP) is 5.42. The van der Waals surface area contributed by atoms with Crippen LogP contribution in [-0.4, -0.2) is 11.6 Å². The highest BCUT2D eigenvalue weighted by Crippen LogP contribution is 2.39. The average molecular weight is 304 g/mol. The summed E-state index contributed by atoms with van der Waals surface area (Å²) in [7, 11) is 0. The van der Waals surface area contributed by atoms with Crippen LogP contribution < -0.4 is 0 Å². The fourth-order valence-corrected chi connectivity index (χ4v) is 3.37. The van der Waals surface area contributed by atoms with Gasteiger partial charge in [0, 0.05) is 11.1 Å². The molecule has 0 spiro atoms. The fourth-order valence-electron chi connectivity index (χ4n) is 3.37. The van der Waals surface area contributed by atoms with Gasteiger partial charge >= 0.3 is 0 Å². The van der Waals surface area contributed by atoms with E-state index in [9.17, 15) is 9.59 Å². The summed E-state index contributed by atoms with van der Waals surface area (Å²) in [5, 5.41) is 0. The second kappa shape index (κ2) is 8.45. The summed E-state index contributed by atoms with van der Waals surface area (Å²) in [5.74, 6) is 0.121. The van der Waals surface area contributed by atoms with Gasteiger partial charge in [-0.05, 0) is 48.7 Å². The number of allylic oxidation sites excluding steroid dienone is 4. The normalized spacial score (nSPS) is 16.5. The Labute approximate surface area is 136 Å². The Morgan fingerprint density at radius 2 is 1.00 bits per heavy atom. The highest BCUT2D eigenvalue weighted by Gasteiger charge is 2.35. The number of rotatable bonds is 8. The lowest BCUT2D eigenvalue weighted by Crippen LogP contribution is -2.29. The molecule has 1 aliphatic rings. The third-order valence-corrected chi connectivity index (χ3v) is 4.41. The van der Waals surface area contributed by atoms with Crippen LogP contribution in [0.1, 0.15) is 80.1 Å². The zero-order chi connectivity index (χ0) is 16.9. The first kappa shape index (κ1) is 18.9. The third-order valence-electron chi connectivity index (χ3n) is 4.41. The maximum Gasteiger partial charge on any atom is 0.229 e. The molecule has 1 aliphatic carbocycles. The number of hydrogen-bond donors (Lipinski definition) is 0. The fraction of sp³-hybridized carbons (Fsp3) is 0.700. The Morgan fingerprint density at radius 3 is 1.23 bits per heavy atom. The maximum absolute atomic E-state index is 12.6. The molecule has 2 nitrogen and oxygen atoms in total. The zero-order valence-corrected chi connectivity index (χ0v) is 15.2. The van der Waals surface area contributed by atoms with Crippen molar-refractivity contribution in [2.45, 2.75) is 80.1 Å². The Kier molecular flexibility index (Phi) is 7.25. The molecule has 22 heavy (non-hydrogen) atoms. The monoisotopic (exact) mass is 304 g/mol. The van der Waals surface area contributed by atoms with E-state index in [1.165, 1.54) is 11.1 Å². The van der Waals surface area contributed by atoms with Gasteiger partial charge in [0.25, 0.3) is 0 Å². The van der Waals surface area contributed by atoms with Gasteiger partial charge in [-0.25, -0.2) is 0 Å². The maximum atomic E-state index is 12.6. The smallest absolute Gasteiger partial charge is 0.229 e. The first-order valence-corrected chi connectivity index (χ1v) is 8.92. The van der Waals surface area contributed by atoms with Crippen LogP contribution in [0.2, 0.25) is 0 Å². The number of unbranched alkanes of at least 4 members (excludes halogenated alkanes) is 2. The molecule has 0 radical (unpaired) electrons. The molecule has 0 amide bonds. The van der Waals surface area contributed by atoms with Crippen molar-refractivity contribution in [1.82, 2.24) is 0 Å². The van der Waals surface area contributed by atoms with E-state index in [0.29, 0.717) is 0 Å². The summed E-state index contributed by atoms with van der Waals surface area (Å²) in [6.07, 6.45) is 5.51. The molecule has 0 bridgehead atoms. The zero-order valence-electron chi connectivity index (χ0n) is 15.2. The topological polar surface area (TPSA) is 34.1 Å². The molecular formula is C20H32O2. The van der Waals surface area contributed by atoms with E-state index in [2.05, 4.69) is 41.5 Å².